The van der Waals surface area contributed by atoms with Crippen molar-refractivity contribution in [2.75, 3.05) is 12.3 Å². The summed E-state index contributed by atoms with van der Waals surface area (Å²) in [5.74, 6) is -0.463. The number of amides is 2. The van der Waals surface area contributed by atoms with Crippen molar-refractivity contribution in [2.45, 2.75) is 32.1 Å². The maximum Gasteiger partial charge on any atom is 0.261 e. The molecule has 0 saturated heterocycles. The monoisotopic (exact) mass is 343 g/mol. The molecule has 0 radical (unpaired) electrons. The van der Waals surface area contributed by atoms with Crippen molar-refractivity contribution in [3.63, 3.8) is 0 Å². The molecule has 0 aromatic heterocycles. The van der Waals surface area contributed by atoms with Crippen molar-refractivity contribution in [2.24, 2.45) is 0 Å². The van der Waals surface area contributed by atoms with Crippen LogP contribution in [0.2, 0.25) is 0 Å². The first-order valence-electron chi connectivity index (χ1n) is 7.28. The van der Waals surface area contributed by atoms with Crippen molar-refractivity contribution in [1.29, 1.82) is 0 Å². The van der Waals surface area contributed by atoms with Gasteiger partial charge in [0.15, 0.2) is 0 Å². The van der Waals surface area contributed by atoms with E-state index in [1.807, 2.05) is 0 Å². The molecule has 0 bridgehead atoms. The molecule has 1 aromatic rings. The fraction of sp³-hybridized carbons (Fsp3) is 0.467. The Balaban J connectivity index is 1.71. The second kappa shape index (κ2) is 7.24. The molecule has 1 heterocycles. The average molecular weight is 344 g/mol. The summed E-state index contributed by atoms with van der Waals surface area (Å²) in [6, 6.07) is 6.83. The van der Waals surface area contributed by atoms with Gasteiger partial charge in [-0.1, -0.05) is 31.4 Å². The van der Waals surface area contributed by atoms with Gasteiger partial charge in [-0.2, -0.15) is 0 Å². The number of halogens is 1. The summed E-state index contributed by atoms with van der Waals surface area (Å²) < 4.78 is 21.5. The van der Waals surface area contributed by atoms with Gasteiger partial charge in [0.25, 0.3) is 11.8 Å². The molecule has 22 heavy (non-hydrogen) atoms. The lowest BCUT2D eigenvalue weighted by Crippen LogP contribution is -2.30. The number of benzene rings is 1. The standard InChI is InChI=1S/C15H18ClNO4S/c16-22(20,21)11-7-3-1-2-6-10-17-14(18)12-8-4-5-9-13(12)15(17)19/h4-5,8-9H,1-3,6-7,10-11H2. The van der Waals surface area contributed by atoms with E-state index in [0.29, 0.717) is 24.1 Å². The molecule has 0 unspecified atom stereocenters. The highest BCUT2D eigenvalue weighted by atomic mass is 35.7. The van der Waals surface area contributed by atoms with Crippen LogP contribution in [0.15, 0.2) is 24.3 Å². The van der Waals surface area contributed by atoms with E-state index in [2.05, 4.69) is 0 Å². The molecule has 0 fully saturated rings. The summed E-state index contributed by atoms with van der Waals surface area (Å²) in [5, 5.41) is 0. The van der Waals surface area contributed by atoms with E-state index >= 15 is 0 Å². The van der Waals surface area contributed by atoms with E-state index in [9.17, 15) is 18.0 Å². The van der Waals surface area contributed by atoms with E-state index in [-0.39, 0.29) is 17.6 Å². The molecule has 2 amide bonds. The van der Waals surface area contributed by atoms with Crippen LogP contribution < -0.4 is 0 Å². The molecule has 1 aliphatic rings. The highest BCUT2D eigenvalue weighted by molar-refractivity contribution is 8.13. The molecule has 0 atom stereocenters. The van der Waals surface area contributed by atoms with Crippen LogP contribution in [0.4, 0.5) is 0 Å². The first-order valence-corrected chi connectivity index (χ1v) is 9.75. The van der Waals surface area contributed by atoms with Crippen molar-refractivity contribution >= 4 is 31.5 Å². The van der Waals surface area contributed by atoms with Crippen LogP contribution in [0.1, 0.15) is 52.8 Å². The van der Waals surface area contributed by atoms with Crippen LogP contribution in [-0.2, 0) is 9.05 Å². The van der Waals surface area contributed by atoms with Gasteiger partial charge in [-0.3, -0.25) is 14.5 Å². The summed E-state index contributed by atoms with van der Waals surface area (Å²) in [6.45, 7) is 0.403. The van der Waals surface area contributed by atoms with Gasteiger partial charge in [-0.15, -0.1) is 0 Å². The van der Waals surface area contributed by atoms with E-state index in [1.165, 1.54) is 4.90 Å². The molecular formula is C15H18ClNO4S. The first-order chi connectivity index (χ1) is 10.4. The van der Waals surface area contributed by atoms with E-state index in [0.717, 1.165) is 25.7 Å². The highest BCUT2D eigenvalue weighted by Crippen LogP contribution is 2.22. The van der Waals surface area contributed by atoms with Crippen molar-refractivity contribution in [1.82, 2.24) is 4.90 Å². The minimum absolute atomic E-state index is 0.00698. The third kappa shape index (κ3) is 4.30. The van der Waals surface area contributed by atoms with Gasteiger partial charge in [-0.25, -0.2) is 8.42 Å². The van der Waals surface area contributed by atoms with Gasteiger partial charge in [0.05, 0.1) is 16.9 Å². The summed E-state index contributed by atoms with van der Waals surface area (Å²) in [4.78, 5) is 25.5. The number of carbonyl (C=O) groups excluding carboxylic acids is 2. The minimum atomic E-state index is -3.40. The molecule has 1 aliphatic heterocycles. The Morgan fingerprint density at radius 2 is 1.36 bits per heavy atom. The van der Waals surface area contributed by atoms with Gasteiger partial charge in [0.1, 0.15) is 0 Å². The largest absolute Gasteiger partial charge is 0.274 e. The lowest BCUT2D eigenvalue weighted by Gasteiger charge is -2.13. The number of hydrogen-bond acceptors (Lipinski definition) is 4. The zero-order valence-electron chi connectivity index (χ0n) is 12.1. The predicted molar refractivity (Wildman–Crippen MR) is 84.5 cm³/mol. The number of imide groups is 1. The SMILES string of the molecule is O=C1c2ccccc2C(=O)N1CCCCCCCS(=O)(=O)Cl. The van der Waals surface area contributed by atoms with Gasteiger partial charge in [-0.05, 0) is 25.0 Å². The Morgan fingerprint density at radius 3 is 1.91 bits per heavy atom. The number of nitrogens with zero attached hydrogens (tertiary/aromatic N) is 1. The molecule has 120 valence electrons. The fourth-order valence-electron chi connectivity index (χ4n) is 2.52. The molecule has 0 aliphatic carbocycles. The molecule has 5 nitrogen and oxygen atoms in total. The van der Waals surface area contributed by atoms with Crippen molar-refractivity contribution in [3.8, 4) is 0 Å². The quantitative estimate of drug-likeness (QED) is 0.413. The Labute approximate surface area is 134 Å². The molecule has 0 saturated carbocycles. The number of fused-ring (bicyclic) bond motifs is 1. The highest BCUT2D eigenvalue weighted by Gasteiger charge is 2.34. The maximum absolute atomic E-state index is 12.1. The minimum Gasteiger partial charge on any atom is -0.274 e. The third-order valence-corrected chi connectivity index (χ3v) is 4.89. The van der Waals surface area contributed by atoms with Crippen LogP contribution in [0, 0.1) is 0 Å². The zero-order valence-corrected chi connectivity index (χ0v) is 13.7. The van der Waals surface area contributed by atoms with Gasteiger partial charge < -0.3 is 0 Å². The van der Waals surface area contributed by atoms with E-state index in [1.54, 1.807) is 24.3 Å². The Morgan fingerprint density at radius 1 is 0.864 bits per heavy atom. The molecule has 0 N–H and O–H groups in total. The molecule has 7 heteroatoms. The Kier molecular flexibility index (Phi) is 5.58. The topological polar surface area (TPSA) is 71.5 Å². The second-order valence-corrected chi connectivity index (χ2v) is 8.21. The van der Waals surface area contributed by atoms with Crippen LogP contribution >= 0.6 is 10.7 Å². The lowest BCUT2D eigenvalue weighted by molar-refractivity contribution is 0.0651. The van der Waals surface area contributed by atoms with E-state index in [4.69, 9.17) is 10.7 Å². The normalized spacial score (nSPS) is 14.5. The van der Waals surface area contributed by atoms with Gasteiger partial charge in [0, 0.05) is 17.2 Å². The third-order valence-electron chi connectivity index (χ3n) is 3.65. The summed E-state index contributed by atoms with van der Waals surface area (Å²) >= 11 is 0. The molecule has 2 rings (SSSR count). The number of carbonyl (C=O) groups is 2. The predicted octanol–water partition coefficient (Wildman–Crippen LogP) is 2.80. The number of unbranched alkanes of at least 4 members (excludes halogenated alkanes) is 4. The van der Waals surface area contributed by atoms with Crippen molar-refractivity contribution < 1.29 is 18.0 Å². The maximum atomic E-state index is 12.1. The Bertz CT molecular complexity index is 637. The van der Waals surface area contributed by atoms with Crippen molar-refractivity contribution in [3.05, 3.63) is 35.4 Å². The zero-order chi connectivity index (χ0) is 16.2. The van der Waals surface area contributed by atoms with Crippen LogP contribution in [0.3, 0.4) is 0 Å². The van der Waals surface area contributed by atoms with Crippen LogP contribution in [-0.4, -0.2) is 37.4 Å². The Hall–Kier alpha value is -1.40. The molecule has 0 spiro atoms. The number of rotatable bonds is 8. The summed E-state index contributed by atoms with van der Waals surface area (Å²) in [5.41, 5.74) is 0.944. The van der Waals surface area contributed by atoms with Gasteiger partial charge >= 0.3 is 0 Å². The molecule has 1 aromatic carbocycles. The second-order valence-electron chi connectivity index (χ2n) is 5.32. The lowest BCUT2D eigenvalue weighted by atomic mass is 10.1. The van der Waals surface area contributed by atoms with Crippen LogP contribution in [0.5, 0.6) is 0 Å². The first kappa shape index (κ1) is 17.0. The van der Waals surface area contributed by atoms with Gasteiger partial charge in [0.2, 0.25) is 9.05 Å². The van der Waals surface area contributed by atoms with Crippen LogP contribution in [0.25, 0.3) is 0 Å². The number of hydrogen-bond donors (Lipinski definition) is 0. The summed E-state index contributed by atoms with van der Waals surface area (Å²) in [7, 11) is 1.73. The molecular weight excluding hydrogens is 326 g/mol. The van der Waals surface area contributed by atoms with E-state index < -0.39 is 9.05 Å². The smallest absolute Gasteiger partial charge is 0.261 e. The summed E-state index contributed by atoms with van der Waals surface area (Å²) in [6.07, 6.45) is 3.73. The fourth-order valence-corrected chi connectivity index (χ4v) is 3.39. The average Bonchev–Trinajstić information content (AvgIpc) is 2.70.